The van der Waals surface area contributed by atoms with Gasteiger partial charge >= 0.3 is 0 Å². The number of carbonyl (C=O) groups is 1. The number of hydrogen-bond acceptors (Lipinski definition) is 2. The number of para-hydroxylation sites is 2. The van der Waals surface area contributed by atoms with Crippen LogP contribution in [0.4, 0.5) is 0 Å². The minimum atomic E-state index is 0.345. The summed E-state index contributed by atoms with van der Waals surface area (Å²) in [5.41, 5.74) is 2.11. The molecule has 0 bridgehead atoms. The third-order valence-electron chi connectivity index (χ3n) is 5.24. The lowest BCUT2D eigenvalue weighted by Gasteiger charge is -2.04. The Morgan fingerprint density at radius 1 is 1.25 bits per heavy atom. The van der Waals surface area contributed by atoms with Gasteiger partial charge in [0.05, 0.1) is 17.5 Å². The highest BCUT2D eigenvalue weighted by Crippen LogP contribution is 2.56. The molecular formula is C17H20N2O. The van der Waals surface area contributed by atoms with Crippen LogP contribution in [-0.2, 0) is 18.3 Å². The summed E-state index contributed by atoms with van der Waals surface area (Å²) in [7, 11) is 2.01. The van der Waals surface area contributed by atoms with Crippen molar-refractivity contribution in [3.8, 4) is 0 Å². The molecule has 0 aliphatic heterocycles. The van der Waals surface area contributed by atoms with Crippen LogP contribution in [0.3, 0.4) is 0 Å². The Morgan fingerprint density at radius 2 is 1.95 bits per heavy atom. The van der Waals surface area contributed by atoms with Crippen LogP contribution >= 0.6 is 0 Å². The second-order valence-corrected chi connectivity index (χ2v) is 6.36. The SMILES string of the molecule is Cn1c(CC(=O)C2C3CCCCC32)nc2ccccc21. The second-order valence-electron chi connectivity index (χ2n) is 6.36. The molecule has 2 aromatic rings. The fourth-order valence-electron chi connectivity index (χ4n) is 4.10. The van der Waals surface area contributed by atoms with Crippen LogP contribution in [0.25, 0.3) is 11.0 Å². The van der Waals surface area contributed by atoms with Crippen LogP contribution in [0.5, 0.6) is 0 Å². The first kappa shape index (κ1) is 12.1. The number of fused-ring (bicyclic) bond motifs is 2. The highest BCUT2D eigenvalue weighted by Gasteiger charge is 2.54. The van der Waals surface area contributed by atoms with E-state index in [-0.39, 0.29) is 0 Å². The van der Waals surface area contributed by atoms with E-state index in [1.54, 1.807) is 0 Å². The third-order valence-corrected chi connectivity index (χ3v) is 5.24. The number of carbonyl (C=O) groups excluding carboxylic acids is 1. The quantitative estimate of drug-likeness (QED) is 0.857. The van der Waals surface area contributed by atoms with E-state index < -0.39 is 0 Å². The fourth-order valence-corrected chi connectivity index (χ4v) is 4.10. The zero-order valence-corrected chi connectivity index (χ0v) is 11.9. The maximum absolute atomic E-state index is 12.5. The molecular weight excluding hydrogens is 248 g/mol. The lowest BCUT2D eigenvalue weighted by Crippen LogP contribution is -2.11. The van der Waals surface area contributed by atoms with Gasteiger partial charge in [0, 0.05) is 13.0 Å². The zero-order chi connectivity index (χ0) is 13.7. The molecule has 2 fully saturated rings. The van der Waals surface area contributed by atoms with E-state index in [1.807, 2.05) is 25.2 Å². The average Bonchev–Trinajstić information content (AvgIpc) is 3.13. The Hall–Kier alpha value is -1.64. The lowest BCUT2D eigenvalue weighted by molar-refractivity contribution is -0.120. The molecule has 3 heteroatoms. The topological polar surface area (TPSA) is 34.9 Å². The van der Waals surface area contributed by atoms with Gasteiger partial charge in [0.1, 0.15) is 11.6 Å². The summed E-state index contributed by atoms with van der Waals surface area (Å²) >= 11 is 0. The number of ketones is 1. The second kappa shape index (κ2) is 4.44. The molecule has 2 aliphatic carbocycles. The number of aromatic nitrogens is 2. The molecule has 0 radical (unpaired) electrons. The van der Waals surface area contributed by atoms with Crippen LogP contribution in [0.2, 0.25) is 0 Å². The molecule has 0 amide bonds. The first-order chi connectivity index (χ1) is 9.75. The molecule has 104 valence electrons. The van der Waals surface area contributed by atoms with Crippen molar-refractivity contribution >= 4 is 16.8 Å². The first-order valence-corrected chi connectivity index (χ1v) is 7.69. The Morgan fingerprint density at radius 3 is 2.65 bits per heavy atom. The molecule has 1 heterocycles. The molecule has 3 nitrogen and oxygen atoms in total. The molecule has 2 saturated carbocycles. The maximum atomic E-state index is 12.5. The fraction of sp³-hybridized carbons (Fsp3) is 0.529. The summed E-state index contributed by atoms with van der Waals surface area (Å²) in [6.45, 7) is 0. The number of Topliss-reactive ketones (excluding diaryl/α,β-unsaturated/α-hetero) is 1. The van der Waals surface area contributed by atoms with Crippen LogP contribution < -0.4 is 0 Å². The molecule has 4 rings (SSSR count). The van der Waals surface area contributed by atoms with E-state index in [4.69, 9.17) is 0 Å². The van der Waals surface area contributed by atoms with Crippen molar-refractivity contribution in [1.82, 2.24) is 9.55 Å². The number of rotatable bonds is 3. The molecule has 2 atom stereocenters. The van der Waals surface area contributed by atoms with E-state index >= 15 is 0 Å². The van der Waals surface area contributed by atoms with E-state index in [0.717, 1.165) is 16.9 Å². The molecule has 2 aliphatic rings. The highest BCUT2D eigenvalue weighted by molar-refractivity contribution is 5.87. The molecule has 0 saturated heterocycles. The van der Waals surface area contributed by atoms with Crippen molar-refractivity contribution in [1.29, 1.82) is 0 Å². The van der Waals surface area contributed by atoms with Crippen molar-refractivity contribution in [3.63, 3.8) is 0 Å². The van der Waals surface area contributed by atoms with Gasteiger partial charge in [-0.3, -0.25) is 4.79 Å². The molecule has 0 N–H and O–H groups in total. The Kier molecular flexibility index (Phi) is 2.69. The molecule has 2 unspecified atom stereocenters. The van der Waals surface area contributed by atoms with Gasteiger partial charge in [0.2, 0.25) is 0 Å². The van der Waals surface area contributed by atoms with Gasteiger partial charge < -0.3 is 4.57 Å². The van der Waals surface area contributed by atoms with Crippen LogP contribution in [0, 0.1) is 17.8 Å². The molecule has 1 aromatic heterocycles. The van der Waals surface area contributed by atoms with E-state index in [0.29, 0.717) is 30.0 Å². The van der Waals surface area contributed by atoms with Crippen LogP contribution in [0.1, 0.15) is 31.5 Å². The molecule has 0 spiro atoms. The van der Waals surface area contributed by atoms with E-state index in [1.165, 1.54) is 25.7 Å². The minimum absolute atomic E-state index is 0.345. The first-order valence-electron chi connectivity index (χ1n) is 7.69. The largest absolute Gasteiger partial charge is 0.331 e. The van der Waals surface area contributed by atoms with Crippen LogP contribution in [0.15, 0.2) is 24.3 Å². The van der Waals surface area contributed by atoms with Crippen molar-refractivity contribution in [2.24, 2.45) is 24.8 Å². The Balaban J connectivity index is 1.56. The Bertz CT molecular complexity index is 661. The van der Waals surface area contributed by atoms with Crippen LogP contribution in [-0.4, -0.2) is 15.3 Å². The van der Waals surface area contributed by atoms with Gasteiger partial charge in [-0.1, -0.05) is 25.0 Å². The maximum Gasteiger partial charge on any atom is 0.144 e. The number of imidazole rings is 1. The number of nitrogens with zero attached hydrogens (tertiary/aromatic N) is 2. The van der Waals surface area contributed by atoms with Crippen molar-refractivity contribution in [2.45, 2.75) is 32.1 Å². The normalized spacial score (nSPS) is 28.4. The summed E-state index contributed by atoms with van der Waals surface area (Å²) in [6.07, 6.45) is 5.67. The lowest BCUT2D eigenvalue weighted by atomic mass is 10.0. The monoisotopic (exact) mass is 268 g/mol. The summed E-state index contributed by atoms with van der Waals surface area (Å²) in [6, 6.07) is 8.09. The zero-order valence-electron chi connectivity index (χ0n) is 11.9. The standard InChI is InChI=1S/C17H20N2O/c1-19-14-9-5-4-8-13(14)18-16(19)10-15(20)17-11-6-2-3-7-12(11)17/h4-5,8-9,11-12,17H,2-3,6-7,10H2,1H3. The third kappa shape index (κ3) is 1.80. The van der Waals surface area contributed by atoms with Gasteiger partial charge in [-0.15, -0.1) is 0 Å². The Labute approximate surface area is 119 Å². The number of aryl methyl sites for hydroxylation is 1. The van der Waals surface area contributed by atoms with Gasteiger partial charge in [0.15, 0.2) is 0 Å². The summed E-state index contributed by atoms with van der Waals surface area (Å²) in [4.78, 5) is 17.1. The average molecular weight is 268 g/mol. The summed E-state index contributed by atoms with van der Waals surface area (Å²) in [5, 5.41) is 0. The van der Waals surface area contributed by atoms with E-state index in [2.05, 4.69) is 15.6 Å². The van der Waals surface area contributed by atoms with Gasteiger partial charge in [-0.05, 0) is 36.8 Å². The van der Waals surface area contributed by atoms with Crippen molar-refractivity contribution in [2.75, 3.05) is 0 Å². The minimum Gasteiger partial charge on any atom is -0.331 e. The number of hydrogen-bond donors (Lipinski definition) is 0. The predicted octanol–water partition coefficient (Wildman–Crippen LogP) is 3.12. The smallest absolute Gasteiger partial charge is 0.144 e. The summed E-state index contributed by atoms with van der Waals surface area (Å²) in [5.74, 6) is 3.08. The van der Waals surface area contributed by atoms with Gasteiger partial charge in [0.25, 0.3) is 0 Å². The predicted molar refractivity (Wildman–Crippen MR) is 78.4 cm³/mol. The molecule has 20 heavy (non-hydrogen) atoms. The van der Waals surface area contributed by atoms with E-state index in [9.17, 15) is 4.79 Å². The highest BCUT2D eigenvalue weighted by atomic mass is 16.1. The van der Waals surface area contributed by atoms with Gasteiger partial charge in [-0.2, -0.15) is 0 Å². The summed E-state index contributed by atoms with van der Waals surface area (Å²) < 4.78 is 2.07. The number of benzene rings is 1. The van der Waals surface area contributed by atoms with Crippen molar-refractivity contribution < 1.29 is 4.79 Å². The van der Waals surface area contributed by atoms with Gasteiger partial charge in [-0.25, -0.2) is 4.98 Å². The van der Waals surface area contributed by atoms with Crippen molar-refractivity contribution in [3.05, 3.63) is 30.1 Å². The molecule has 1 aromatic carbocycles.